The van der Waals surface area contributed by atoms with E-state index in [1.807, 2.05) is 36.4 Å². The number of nitrogens with zero attached hydrogens (tertiary/aromatic N) is 1. The summed E-state index contributed by atoms with van der Waals surface area (Å²) in [4.78, 5) is 28.7. The molecule has 0 saturated heterocycles. The van der Waals surface area contributed by atoms with Crippen LogP contribution in [0, 0.1) is 0 Å². The Bertz CT molecular complexity index is 780. The number of aromatic nitrogens is 1. The number of hydrazine groups is 1. The standard InChI is InChI=1S/C18H19BrN4O2/c19-10-9-16(24)22-23-18(25)14-11-12-5-4-8-15(12)21-17(14)20-13-6-2-1-3-7-13/h1-3,6-7,11H,4-5,8-10H2,(H,20,21)(H,22,24)(H,23,25). The van der Waals surface area contributed by atoms with Gasteiger partial charge in [0.05, 0.1) is 5.56 Å². The largest absolute Gasteiger partial charge is 0.340 e. The number of alkyl halides is 1. The minimum Gasteiger partial charge on any atom is -0.340 e. The Morgan fingerprint density at radius 3 is 2.68 bits per heavy atom. The number of hydrogen-bond acceptors (Lipinski definition) is 4. The van der Waals surface area contributed by atoms with Gasteiger partial charge in [0.25, 0.3) is 5.91 Å². The Kier molecular flexibility index (Phi) is 5.65. The molecular weight excluding hydrogens is 384 g/mol. The van der Waals surface area contributed by atoms with E-state index in [0.29, 0.717) is 16.7 Å². The van der Waals surface area contributed by atoms with Crippen molar-refractivity contribution < 1.29 is 9.59 Å². The summed E-state index contributed by atoms with van der Waals surface area (Å²) < 4.78 is 0. The van der Waals surface area contributed by atoms with Crippen molar-refractivity contribution in [2.45, 2.75) is 25.7 Å². The van der Waals surface area contributed by atoms with Crippen LogP contribution in [0.2, 0.25) is 0 Å². The number of nitrogens with one attached hydrogen (secondary N) is 3. The smallest absolute Gasteiger partial charge is 0.273 e. The van der Waals surface area contributed by atoms with Gasteiger partial charge in [-0.05, 0) is 43.0 Å². The lowest BCUT2D eigenvalue weighted by Gasteiger charge is -2.14. The zero-order chi connectivity index (χ0) is 17.6. The predicted molar refractivity (Wildman–Crippen MR) is 100 cm³/mol. The van der Waals surface area contributed by atoms with E-state index in [2.05, 4.69) is 37.1 Å². The normalized spacial score (nSPS) is 12.4. The van der Waals surface area contributed by atoms with Crippen molar-refractivity contribution in [2.75, 3.05) is 10.6 Å². The van der Waals surface area contributed by atoms with Crippen LogP contribution < -0.4 is 16.2 Å². The monoisotopic (exact) mass is 402 g/mol. The highest BCUT2D eigenvalue weighted by molar-refractivity contribution is 9.09. The van der Waals surface area contributed by atoms with Gasteiger partial charge < -0.3 is 5.32 Å². The van der Waals surface area contributed by atoms with Crippen molar-refractivity contribution >= 4 is 39.2 Å². The van der Waals surface area contributed by atoms with Crippen LogP contribution >= 0.6 is 15.9 Å². The van der Waals surface area contributed by atoms with Gasteiger partial charge in [0.1, 0.15) is 5.82 Å². The molecule has 1 aliphatic rings. The molecule has 3 rings (SSSR count). The molecule has 1 aliphatic carbocycles. The minimum absolute atomic E-state index is 0.253. The van der Waals surface area contributed by atoms with Gasteiger partial charge in [0.15, 0.2) is 0 Å². The number of hydrogen-bond donors (Lipinski definition) is 3. The fourth-order valence-corrected chi connectivity index (χ4v) is 3.10. The molecule has 0 spiro atoms. The number of rotatable bonds is 5. The second-order valence-corrected chi connectivity index (χ2v) is 6.57. The number of carbonyl (C=O) groups is 2. The fourth-order valence-electron chi connectivity index (χ4n) is 2.74. The molecule has 2 aromatic rings. The first-order valence-electron chi connectivity index (χ1n) is 8.17. The summed E-state index contributed by atoms with van der Waals surface area (Å²) in [5.74, 6) is -0.139. The number of carbonyl (C=O) groups excluding carboxylic acids is 2. The first kappa shape index (κ1) is 17.4. The Labute approximate surface area is 154 Å². The first-order valence-corrected chi connectivity index (χ1v) is 9.29. The molecule has 0 radical (unpaired) electrons. The van der Waals surface area contributed by atoms with Gasteiger partial charge in [-0.3, -0.25) is 20.4 Å². The van der Waals surface area contributed by atoms with Crippen LogP contribution in [0.1, 0.15) is 34.5 Å². The zero-order valence-corrected chi connectivity index (χ0v) is 15.2. The van der Waals surface area contributed by atoms with Crippen molar-refractivity contribution in [1.29, 1.82) is 0 Å². The van der Waals surface area contributed by atoms with E-state index in [1.165, 1.54) is 0 Å². The van der Waals surface area contributed by atoms with Crippen LogP contribution in [0.5, 0.6) is 0 Å². The molecule has 0 bridgehead atoms. The Balaban J connectivity index is 1.83. The Hall–Kier alpha value is -2.41. The molecule has 1 aromatic heterocycles. The summed E-state index contributed by atoms with van der Waals surface area (Å²) in [5.41, 5.74) is 8.27. The van der Waals surface area contributed by atoms with Gasteiger partial charge in [-0.15, -0.1) is 0 Å². The summed E-state index contributed by atoms with van der Waals surface area (Å²) in [5, 5.41) is 3.74. The summed E-state index contributed by atoms with van der Waals surface area (Å²) in [6.07, 6.45) is 3.17. The molecule has 0 fully saturated rings. The van der Waals surface area contributed by atoms with E-state index in [9.17, 15) is 9.59 Å². The Morgan fingerprint density at radius 1 is 1.12 bits per heavy atom. The summed E-state index contributed by atoms with van der Waals surface area (Å²) in [7, 11) is 0. The van der Waals surface area contributed by atoms with Crippen LogP contribution in [0.3, 0.4) is 0 Å². The highest BCUT2D eigenvalue weighted by Gasteiger charge is 2.20. The molecule has 1 aromatic carbocycles. The maximum Gasteiger partial charge on any atom is 0.273 e. The number of halogens is 1. The van der Waals surface area contributed by atoms with Crippen LogP contribution in [-0.2, 0) is 17.6 Å². The van der Waals surface area contributed by atoms with Crippen molar-refractivity contribution in [3.63, 3.8) is 0 Å². The second-order valence-electron chi connectivity index (χ2n) is 5.78. The van der Waals surface area contributed by atoms with Crippen molar-refractivity contribution in [2.24, 2.45) is 0 Å². The number of benzene rings is 1. The first-order chi connectivity index (χ1) is 12.2. The van der Waals surface area contributed by atoms with Crippen LogP contribution in [0.4, 0.5) is 11.5 Å². The number of aryl methyl sites for hydroxylation is 2. The van der Waals surface area contributed by atoms with Gasteiger partial charge in [0.2, 0.25) is 5.91 Å². The lowest BCUT2D eigenvalue weighted by Crippen LogP contribution is -2.42. The van der Waals surface area contributed by atoms with Crippen LogP contribution in [-0.4, -0.2) is 22.1 Å². The minimum atomic E-state index is -0.386. The summed E-state index contributed by atoms with van der Waals surface area (Å²) in [6, 6.07) is 11.4. The number of pyridine rings is 1. The second kappa shape index (κ2) is 8.11. The number of para-hydroxylation sites is 1. The lowest BCUT2D eigenvalue weighted by molar-refractivity contribution is -0.121. The SMILES string of the molecule is O=C(CCBr)NNC(=O)c1cc2c(nc1Nc1ccccc1)CCC2. The summed E-state index contributed by atoms with van der Waals surface area (Å²) in [6.45, 7) is 0. The van der Waals surface area contributed by atoms with E-state index in [-0.39, 0.29) is 18.2 Å². The van der Waals surface area contributed by atoms with Crippen LogP contribution in [0.15, 0.2) is 36.4 Å². The fraction of sp³-hybridized carbons (Fsp3) is 0.278. The van der Waals surface area contributed by atoms with Gasteiger partial charge in [-0.25, -0.2) is 4.98 Å². The predicted octanol–water partition coefficient (Wildman–Crippen LogP) is 2.86. The highest BCUT2D eigenvalue weighted by Crippen LogP contribution is 2.27. The molecule has 0 saturated carbocycles. The average Bonchev–Trinajstić information content (AvgIpc) is 3.07. The molecule has 0 aliphatic heterocycles. The number of amides is 2. The third-order valence-corrected chi connectivity index (χ3v) is 4.37. The summed E-state index contributed by atoms with van der Waals surface area (Å²) >= 11 is 3.19. The quantitative estimate of drug-likeness (QED) is 0.530. The lowest BCUT2D eigenvalue weighted by atomic mass is 10.1. The zero-order valence-electron chi connectivity index (χ0n) is 13.6. The van der Waals surface area contributed by atoms with Crippen molar-refractivity contribution in [3.8, 4) is 0 Å². The molecule has 6 nitrogen and oxygen atoms in total. The maximum atomic E-state index is 12.5. The molecule has 2 amide bonds. The van der Waals surface area contributed by atoms with Gasteiger partial charge in [-0.2, -0.15) is 0 Å². The third kappa shape index (κ3) is 4.36. The van der Waals surface area contributed by atoms with Gasteiger partial charge in [-0.1, -0.05) is 34.1 Å². The van der Waals surface area contributed by atoms with E-state index < -0.39 is 0 Å². The molecule has 7 heteroatoms. The molecular formula is C18H19BrN4O2. The average molecular weight is 403 g/mol. The topological polar surface area (TPSA) is 83.1 Å². The third-order valence-electron chi connectivity index (χ3n) is 3.97. The van der Waals surface area contributed by atoms with Gasteiger partial charge in [0, 0.05) is 23.1 Å². The van der Waals surface area contributed by atoms with Crippen LogP contribution in [0.25, 0.3) is 0 Å². The number of fused-ring (bicyclic) bond motifs is 1. The highest BCUT2D eigenvalue weighted by atomic mass is 79.9. The van der Waals surface area contributed by atoms with Crippen molar-refractivity contribution in [3.05, 3.63) is 53.2 Å². The molecule has 0 atom stereocenters. The molecule has 0 unspecified atom stereocenters. The van der Waals surface area contributed by atoms with E-state index in [0.717, 1.165) is 36.2 Å². The number of anilines is 2. The molecule has 1 heterocycles. The van der Waals surface area contributed by atoms with E-state index in [1.54, 1.807) is 0 Å². The van der Waals surface area contributed by atoms with Crippen molar-refractivity contribution in [1.82, 2.24) is 15.8 Å². The maximum absolute atomic E-state index is 12.5. The van der Waals surface area contributed by atoms with E-state index in [4.69, 9.17) is 0 Å². The van der Waals surface area contributed by atoms with Gasteiger partial charge >= 0.3 is 0 Å². The molecule has 3 N–H and O–H groups in total. The Morgan fingerprint density at radius 2 is 1.92 bits per heavy atom. The van der Waals surface area contributed by atoms with E-state index >= 15 is 0 Å². The molecule has 130 valence electrons. The molecule has 25 heavy (non-hydrogen) atoms.